The van der Waals surface area contributed by atoms with Crippen molar-refractivity contribution in [3.8, 4) is 6.07 Å². The summed E-state index contributed by atoms with van der Waals surface area (Å²) >= 11 is 0. The quantitative estimate of drug-likeness (QED) is 0.783. The van der Waals surface area contributed by atoms with Gasteiger partial charge in [-0.15, -0.1) is 0 Å². The van der Waals surface area contributed by atoms with Crippen LogP contribution in [-0.2, 0) is 4.79 Å². The zero-order valence-corrected chi connectivity index (χ0v) is 11.9. The van der Waals surface area contributed by atoms with E-state index in [1.807, 2.05) is 0 Å². The average Bonchev–Trinajstić information content (AvgIpc) is 3.01. The van der Waals surface area contributed by atoms with E-state index >= 15 is 0 Å². The van der Waals surface area contributed by atoms with Crippen LogP contribution in [0, 0.1) is 16.7 Å². The van der Waals surface area contributed by atoms with E-state index in [0.717, 1.165) is 32.2 Å². The predicted molar refractivity (Wildman–Crippen MR) is 72.3 cm³/mol. The minimum atomic E-state index is -0.297. The highest BCUT2D eigenvalue weighted by molar-refractivity contribution is 5.87. The number of nitrogens with one attached hydrogen (secondary N) is 1. The normalized spacial score (nSPS) is 37.4. The first kappa shape index (κ1) is 12.9. The Labute approximate surface area is 115 Å². The standard InChI is InChI=1S/C15H23N3O/c1-11(2)18-10-14(7-12(18)8-16)9-15(17-13(14)19)5-3-4-6-15/h11-12H,3-7,9-10H2,1-2H3,(H,17,19)/t12-,14+/m0/s1. The molecule has 2 saturated heterocycles. The molecule has 2 spiro atoms. The minimum absolute atomic E-state index is 0.0596. The maximum Gasteiger partial charge on any atom is 0.228 e. The lowest BCUT2D eigenvalue weighted by Gasteiger charge is -2.26. The summed E-state index contributed by atoms with van der Waals surface area (Å²) in [7, 11) is 0. The van der Waals surface area contributed by atoms with E-state index in [9.17, 15) is 10.1 Å². The highest BCUT2D eigenvalue weighted by Crippen LogP contribution is 2.50. The van der Waals surface area contributed by atoms with Gasteiger partial charge in [0.2, 0.25) is 5.91 Å². The first-order valence-electron chi connectivity index (χ1n) is 7.48. The SMILES string of the molecule is CC(C)N1C[C@@]2(C[C@H]1C#N)CC1(CCCC1)NC2=O. The van der Waals surface area contributed by atoms with Gasteiger partial charge in [-0.25, -0.2) is 0 Å². The summed E-state index contributed by atoms with van der Waals surface area (Å²) in [5, 5.41) is 12.6. The number of hydrogen-bond donors (Lipinski definition) is 1. The molecule has 2 heterocycles. The molecule has 0 unspecified atom stereocenters. The zero-order valence-electron chi connectivity index (χ0n) is 11.9. The second-order valence-corrected chi connectivity index (χ2v) is 7.01. The van der Waals surface area contributed by atoms with Gasteiger partial charge < -0.3 is 5.32 Å². The molecule has 0 bridgehead atoms. The van der Waals surface area contributed by atoms with Gasteiger partial charge in [-0.3, -0.25) is 9.69 Å². The van der Waals surface area contributed by atoms with Crippen molar-refractivity contribution in [2.75, 3.05) is 6.54 Å². The lowest BCUT2D eigenvalue weighted by atomic mass is 9.78. The van der Waals surface area contributed by atoms with Gasteiger partial charge in [0.25, 0.3) is 0 Å². The van der Waals surface area contributed by atoms with E-state index in [-0.39, 0.29) is 22.9 Å². The molecule has 0 aromatic heterocycles. The first-order valence-corrected chi connectivity index (χ1v) is 7.48. The molecule has 3 fully saturated rings. The van der Waals surface area contributed by atoms with Crippen molar-refractivity contribution in [2.45, 2.75) is 70.0 Å². The van der Waals surface area contributed by atoms with Crippen LogP contribution in [0.15, 0.2) is 0 Å². The van der Waals surface area contributed by atoms with Crippen molar-refractivity contribution in [1.29, 1.82) is 5.26 Å². The molecular weight excluding hydrogens is 238 g/mol. The van der Waals surface area contributed by atoms with Crippen LogP contribution in [0.5, 0.6) is 0 Å². The third kappa shape index (κ3) is 1.87. The molecule has 1 amide bonds. The topological polar surface area (TPSA) is 56.1 Å². The molecule has 0 aromatic carbocycles. The lowest BCUT2D eigenvalue weighted by Crippen LogP contribution is -2.39. The fourth-order valence-electron chi connectivity index (χ4n) is 4.47. The highest BCUT2D eigenvalue weighted by Gasteiger charge is 2.59. The average molecular weight is 261 g/mol. The summed E-state index contributed by atoms with van der Waals surface area (Å²) in [6.07, 6.45) is 6.37. The number of amides is 1. The molecule has 3 aliphatic rings. The number of hydrogen-bond acceptors (Lipinski definition) is 3. The van der Waals surface area contributed by atoms with Crippen molar-refractivity contribution in [2.24, 2.45) is 5.41 Å². The Kier molecular flexibility index (Phi) is 2.86. The van der Waals surface area contributed by atoms with E-state index in [4.69, 9.17) is 0 Å². The van der Waals surface area contributed by atoms with Crippen LogP contribution in [0.1, 0.15) is 52.4 Å². The van der Waals surface area contributed by atoms with E-state index < -0.39 is 0 Å². The Morgan fingerprint density at radius 3 is 2.63 bits per heavy atom. The van der Waals surface area contributed by atoms with Crippen LogP contribution in [-0.4, -0.2) is 35.0 Å². The van der Waals surface area contributed by atoms with Crippen LogP contribution in [0.4, 0.5) is 0 Å². The molecule has 1 aliphatic carbocycles. The number of nitrogens with zero attached hydrogens (tertiary/aromatic N) is 2. The summed E-state index contributed by atoms with van der Waals surface area (Å²) in [5.74, 6) is 0.206. The smallest absolute Gasteiger partial charge is 0.228 e. The maximum absolute atomic E-state index is 12.5. The lowest BCUT2D eigenvalue weighted by molar-refractivity contribution is -0.127. The number of rotatable bonds is 1. The molecular formula is C15H23N3O. The molecule has 2 atom stereocenters. The molecule has 4 nitrogen and oxygen atoms in total. The summed E-state index contributed by atoms with van der Waals surface area (Å²) in [4.78, 5) is 14.7. The van der Waals surface area contributed by atoms with Gasteiger partial charge in [-0.05, 0) is 39.5 Å². The van der Waals surface area contributed by atoms with Crippen LogP contribution in [0.25, 0.3) is 0 Å². The van der Waals surface area contributed by atoms with Crippen molar-refractivity contribution >= 4 is 5.91 Å². The summed E-state index contributed by atoms with van der Waals surface area (Å²) < 4.78 is 0. The number of carbonyl (C=O) groups is 1. The Morgan fingerprint density at radius 2 is 2.11 bits per heavy atom. The molecule has 1 N–H and O–H groups in total. The Hall–Kier alpha value is -1.08. The third-order valence-electron chi connectivity index (χ3n) is 5.38. The predicted octanol–water partition coefficient (Wildman–Crippen LogP) is 1.81. The second-order valence-electron chi connectivity index (χ2n) is 7.01. The van der Waals surface area contributed by atoms with E-state index in [1.54, 1.807) is 0 Å². The van der Waals surface area contributed by atoms with Crippen LogP contribution >= 0.6 is 0 Å². The Morgan fingerprint density at radius 1 is 1.42 bits per heavy atom. The minimum Gasteiger partial charge on any atom is -0.350 e. The fourth-order valence-corrected chi connectivity index (χ4v) is 4.47. The Bertz CT molecular complexity index is 433. The molecule has 19 heavy (non-hydrogen) atoms. The van der Waals surface area contributed by atoms with Crippen LogP contribution in [0.2, 0.25) is 0 Å². The van der Waals surface area contributed by atoms with Crippen LogP contribution in [0.3, 0.4) is 0 Å². The summed E-state index contributed by atoms with van der Waals surface area (Å²) in [5.41, 5.74) is -0.237. The van der Waals surface area contributed by atoms with Crippen molar-refractivity contribution in [3.05, 3.63) is 0 Å². The van der Waals surface area contributed by atoms with Gasteiger partial charge >= 0.3 is 0 Å². The third-order valence-corrected chi connectivity index (χ3v) is 5.38. The largest absolute Gasteiger partial charge is 0.350 e. The van der Waals surface area contributed by atoms with E-state index in [1.165, 1.54) is 12.8 Å². The van der Waals surface area contributed by atoms with Gasteiger partial charge in [-0.1, -0.05) is 12.8 Å². The highest BCUT2D eigenvalue weighted by atomic mass is 16.2. The van der Waals surface area contributed by atoms with E-state index in [2.05, 4.69) is 30.1 Å². The zero-order chi connectivity index (χ0) is 13.7. The van der Waals surface area contributed by atoms with Gasteiger partial charge in [0.05, 0.1) is 17.5 Å². The molecule has 1 saturated carbocycles. The van der Waals surface area contributed by atoms with Gasteiger partial charge in [0.15, 0.2) is 0 Å². The van der Waals surface area contributed by atoms with Crippen LogP contribution < -0.4 is 5.32 Å². The fraction of sp³-hybridized carbons (Fsp3) is 0.867. The molecule has 4 heteroatoms. The molecule has 104 valence electrons. The van der Waals surface area contributed by atoms with Gasteiger partial charge in [0.1, 0.15) is 0 Å². The molecule has 3 rings (SSSR count). The van der Waals surface area contributed by atoms with Gasteiger partial charge in [0, 0.05) is 18.1 Å². The first-order chi connectivity index (χ1) is 9.00. The Balaban J connectivity index is 1.85. The molecule has 0 radical (unpaired) electrons. The summed E-state index contributed by atoms with van der Waals surface area (Å²) in [6.45, 7) is 4.99. The molecule has 2 aliphatic heterocycles. The number of likely N-dealkylation sites (tertiary alicyclic amines) is 1. The number of carbonyl (C=O) groups excluding carboxylic acids is 1. The van der Waals surface area contributed by atoms with Crippen molar-refractivity contribution in [1.82, 2.24) is 10.2 Å². The van der Waals surface area contributed by atoms with Crippen molar-refractivity contribution < 1.29 is 4.79 Å². The second kappa shape index (κ2) is 4.21. The number of nitriles is 1. The van der Waals surface area contributed by atoms with E-state index in [0.29, 0.717) is 6.04 Å². The molecule has 0 aromatic rings. The van der Waals surface area contributed by atoms with Gasteiger partial charge in [-0.2, -0.15) is 5.26 Å². The van der Waals surface area contributed by atoms with Crippen molar-refractivity contribution in [3.63, 3.8) is 0 Å². The monoisotopic (exact) mass is 261 g/mol. The summed E-state index contributed by atoms with van der Waals surface area (Å²) in [6, 6.07) is 2.63. The maximum atomic E-state index is 12.5.